The van der Waals surface area contributed by atoms with Crippen LogP contribution in [0.5, 0.6) is 5.75 Å². The number of hydrogen-bond acceptors (Lipinski definition) is 4. The molecule has 6 heteroatoms. The van der Waals surface area contributed by atoms with Gasteiger partial charge in [0.1, 0.15) is 12.4 Å². The van der Waals surface area contributed by atoms with Crippen molar-refractivity contribution in [2.75, 3.05) is 0 Å². The Morgan fingerprint density at radius 3 is 3.12 bits per heavy atom. The molecule has 2 aromatic heterocycles. The number of carbonyl (C=O) groups is 1. The highest BCUT2D eigenvalue weighted by Gasteiger charge is 2.22. The van der Waals surface area contributed by atoms with Crippen molar-refractivity contribution in [3.05, 3.63) is 59.2 Å². The number of aromatic nitrogens is 2. The third-order valence-corrected chi connectivity index (χ3v) is 5.15. The van der Waals surface area contributed by atoms with Crippen molar-refractivity contribution in [3.63, 3.8) is 0 Å². The van der Waals surface area contributed by atoms with E-state index >= 15 is 0 Å². The average Bonchev–Trinajstić information content (AvgIpc) is 3.23. The van der Waals surface area contributed by atoms with Crippen LogP contribution < -0.4 is 10.1 Å². The summed E-state index contributed by atoms with van der Waals surface area (Å²) in [6.07, 6.45) is 3.63. The van der Waals surface area contributed by atoms with E-state index in [1.807, 2.05) is 54.2 Å². The summed E-state index contributed by atoms with van der Waals surface area (Å²) in [7, 11) is 0. The maximum atomic E-state index is 12.5. The first kappa shape index (κ1) is 15.0. The molecular weight excluding hydrogens is 322 g/mol. The van der Waals surface area contributed by atoms with Crippen molar-refractivity contribution in [3.8, 4) is 16.2 Å². The van der Waals surface area contributed by atoms with Crippen molar-refractivity contribution in [1.82, 2.24) is 15.1 Å². The van der Waals surface area contributed by atoms with Gasteiger partial charge in [-0.05, 0) is 31.2 Å². The second-order valence-corrected chi connectivity index (χ2v) is 6.90. The van der Waals surface area contributed by atoms with Crippen LogP contribution in [0, 0.1) is 0 Å². The van der Waals surface area contributed by atoms with Crippen LogP contribution in [0.3, 0.4) is 0 Å². The zero-order valence-electron chi connectivity index (χ0n) is 13.2. The van der Waals surface area contributed by atoms with Crippen LogP contribution in [0.25, 0.3) is 10.4 Å². The van der Waals surface area contributed by atoms with Gasteiger partial charge in [-0.1, -0.05) is 12.1 Å². The van der Waals surface area contributed by atoms with E-state index in [9.17, 15) is 4.79 Å². The van der Waals surface area contributed by atoms with Gasteiger partial charge in [-0.3, -0.25) is 9.48 Å². The predicted octanol–water partition coefficient (Wildman–Crippen LogP) is 3.32. The molecule has 0 bridgehead atoms. The Bertz CT molecular complexity index is 870. The first-order valence-corrected chi connectivity index (χ1v) is 8.65. The van der Waals surface area contributed by atoms with E-state index in [4.69, 9.17) is 4.74 Å². The molecule has 3 aromatic rings. The zero-order chi connectivity index (χ0) is 16.5. The molecule has 24 heavy (non-hydrogen) atoms. The number of carbonyl (C=O) groups excluding carboxylic acids is 1. The molecular formula is C18H17N3O2S. The van der Waals surface area contributed by atoms with E-state index in [1.54, 1.807) is 6.20 Å². The van der Waals surface area contributed by atoms with Gasteiger partial charge in [-0.25, -0.2) is 0 Å². The lowest BCUT2D eigenvalue weighted by atomic mass is 10.1. The average molecular weight is 339 g/mol. The number of hydrogen-bond donors (Lipinski definition) is 1. The monoisotopic (exact) mass is 339 g/mol. The lowest BCUT2D eigenvalue weighted by molar-refractivity contribution is 0.0940. The van der Waals surface area contributed by atoms with Crippen molar-refractivity contribution in [2.45, 2.75) is 26.1 Å². The Kier molecular flexibility index (Phi) is 3.82. The minimum Gasteiger partial charge on any atom is -0.488 e. The highest BCUT2D eigenvalue weighted by molar-refractivity contribution is 7.17. The third-order valence-electron chi connectivity index (χ3n) is 3.95. The van der Waals surface area contributed by atoms with E-state index in [-0.39, 0.29) is 11.9 Å². The van der Waals surface area contributed by atoms with Gasteiger partial charge in [0.05, 0.1) is 11.4 Å². The Hall–Kier alpha value is -2.60. The molecule has 1 aromatic carbocycles. The minimum atomic E-state index is -0.0495. The molecule has 122 valence electrons. The molecule has 5 nitrogen and oxygen atoms in total. The molecule has 3 heterocycles. The fourth-order valence-electron chi connectivity index (χ4n) is 2.84. The quantitative estimate of drug-likeness (QED) is 0.793. The molecule has 0 saturated carbocycles. The number of amides is 1. The van der Waals surface area contributed by atoms with E-state index in [0.29, 0.717) is 18.0 Å². The maximum absolute atomic E-state index is 12.5. The van der Waals surface area contributed by atoms with Gasteiger partial charge in [-0.2, -0.15) is 5.10 Å². The van der Waals surface area contributed by atoms with E-state index in [2.05, 4.69) is 10.4 Å². The number of benzene rings is 1. The van der Waals surface area contributed by atoms with Gasteiger partial charge in [-0.15, -0.1) is 11.3 Å². The summed E-state index contributed by atoms with van der Waals surface area (Å²) in [5, 5.41) is 7.20. The van der Waals surface area contributed by atoms with Crippen molar-refractivity contribution in [1.29, 1.82) is 0 Å². The van der Waals surface area contributed by atoms with Crippen LogP contribution in [-0.2, 0) is 13.2 Å². The van der Waals surface area contributed by atoms with Crippen LogP contribution in [-0.4, -0.2) is 21.7 Å². The molecule has 1 N–H and O–H groups in total. The third kappa shape index (κ3) is 2.80. The number of rotatable bonds is 4. The largest absolute Gasteiger partial charge is 0.488 e. The molecule has 0 fully saturated rings. The maximum Gasteiger partial charge on any atom is 0.261 e. The summed E-state index contributed by atoms with van der Waals surface area (Å²) in [4.78, 5) is 14.4. The van der Waals surface area contributed by atoms with Crippen LogP contribution in [0.1, 0.15) is 22.2 Å². The van der Waals surface area contributed by atoms with Crippen LogP contribution >= 0.6 is 11.3 Å². The topological polar surface area (TPSA) is 56.2 Å². The van der Waals surface area contributed by atoms with E-state index in [0.717, 1.165) is 21.8 Å². The smallest absolute Gasteiger partial charge is 0.261 e. The molecule has 1 atom stereocenters. The van der Waals surface area contributed by atoms with Gasteiger partial charge in [0.15, 0.2) is 0 Å². The minimum absolute atomic E-state index is 0.0000596. The van der Waals surface area contributed by atoms with Gasteiger partial charge in [0.2, 0.25) is 0 Å². The number of ether oxygens (including phenoxy) is 1. The molecule has 0 unspecified atom stereocenters. The lowest BCUT2D eigenvalue weighted by Gasteiger charge is -2.16. The van der Waals surface area contributed by atoms with Crippen LogP contribution in [0.2, 0.25) is 0 Å². The summed E-state index contributed by atoms with van der Waals surface area (Å²) in [6, 6.07) is 11.8. The lowest BCUT2D eigenvalue weighted by Crippen LogP contribution is -2.35. The summed E-state index contributed by atoms with van der Waals surface area (Å²) in [5.41, 5.74) is 2.14. The number of fused-ring (bicyclic) bond motifs is 3. The molecule has 0 radical (unpaired) electrons. The van der Waals surface area contributed by atoms with Crippen LogP contribution in [0.4, 0.5) is 0 Å². The summed E-state index contributed by atoms with van der Waals surface area (Å²) >= 11 is 1.52. The predicted molar refractivity (Wildman–Crippen MR) is 93.2 cm³/mol. The van der Waals surface area contributed by atoms with Gasteiger partial charge < -0.3 is 10.1 Å². The highest BCUT2D eigenvalue weighted by atomic mass is 32.1. The highest BCUT2D eigenvalue weighted by Crippen LogP contribution is 2.42. The molecule has 0 spiro atoms. The Morgan fingerprint density at radius 2 is 2.29 bits per heavy atom. The molecule has 1 amide bonds. The second kappa shape index (κ2) is 6.13. The second-order valence-electron chi connectivity index (χ2n) is 5.85. The fraction of sp³-hybridized carbons (Fsp3) is 0.222. The molecule has 0 aliphatic carbocycles. The van der Waals surface area contributed by atoms with Crippen molar-refractivity contribution in [2.24, 2.45) is 0 Å². The fourth-order valence-corrected chi connectivity index (χ4v) is 3.94. The van der Waals surface area contributed by atoms with Crippen molar-refractivity contribution >= 4 is 17.2 Å². The summed E-state index contributed by atoms with van der Waals surface area (Å²) in [5.74, 6) is 0.831. The number of nitrogens with one attached hydrogen (secondary N) is 1. The molecule has 4 rings (SSSR count). The first-order valence-electron chi connectivity index (χ1n) is 7.84. The Labute approximate surface area is 143 Å². The zero-order valence-corrected chi connectivity index (χ0v) is 14.0. The van der Waals surface area contributed by atoms with Gasteiger partial charge in [0.25, 0.3) is 5.91 Å². The Balaban J connectivity index is 1.52. The number of thiophene rings is 1. The Morgan fingerprint density at radius 1 is 1.42 bits per heavy atom. The van der Waals surface area contributed by atoms with Crippen molar-refractivity contribution < 1.29 is 9.53 Å². The van der Waals surface area contributed by atoms with E-state index < -0.39 is 0 Å². The molecule has 1 aliphatic heterocycles. The summed E-state index contributed by atoms with van der Waals surface area (Å²) in [6.45, 7) is 3.14. The normalized spacial score (nSPS) is 13.5. The SMILES string of the molecule is C[C@H](Cn1cccn1)NC(=O)c1cc2c(s1)-c1ccccc1OC2. The number of para-hydroxylation sites is 1. The number of nitrogens with zero attached hydrogens (tertiary/aromatic N) is 2. The van der Waals surface area contributed by atoms with Crippen LogP contribution in [0.15, 0.2) is 48.8 Å². The van der Waals surface area contributed by atoms with E-state index in [1.165, 1.54) is 11.3 Å². The van der Waals surface area contributed by atoms with Gasteiger partial charge in [0, 0.05) is 34.4 Å². The first-order chi connectivity index (χ1) is 11.7. The summed E-state index contributed by atoms with van der Waals surface area (Å²) < 4.78 is 7.57. The standard InChI is InChI=1S/C18H17N3O2S/c1-12(10-21-8-4-7-19-21)20-18(22)16-9-13-11-23-15-6-3-2-5-14(15)17(13)24-16/h2-9,12H,10-11H2,1H3,(H,20,22)/t12-/m1/s1. The molecule has 0 saturated heterocycles. The molecule has 1 aliphatic rings. The van der Waals surface area contributed by atoms with Gasteiger partial charge >= 0.3 is 0 Å².